The second kappa shape index (κ2) is 17.2. The molecule has 0 spiro atoms. The highest BCUT2D eigenvalue weighted by molar-refractivity contribution is 6.33. The molecule has 62 heavy (non-hydrogen) atoms. The molecule has 17 heteroatoms. The summed E-state index contributed by atoms with van der Waals surface area (Å²) in [6.45, 7) is 4.00. The molecule has 3 saturated heterocycles. The Kier molecular flexibility index (Phi) is 11.2. The molecule has 0 saturated carbocycles. The average Bonchev–Trinajstić information content (AvgIpc) is 4.01. The SMILES string of the molecule is O=CNC/C=C/C(c1ccc(C(=O)N2CC[C@@H](Nc3ncc(Cl)c(-c4c[nH]c5ccccc45)n3)C2)cc1)N1CCN(c2ccc3c(c2)C(=O)N(C2CCC(=O)NC2=O)C3=O)CC1. The number of fused-ring (bicyclic) bond motifs is 2. The lowest BCUT2D eigenvalue weighted by Crippen LogP contribution is -2.54. The van der Waals surface area contributed by atoms with Crippen molar-refractivity contribution in [1.82, 2.24) is 40.3 Å². The Bertz CT molecular complexity index is 2620. The van der Waals surface area contributed by atoms with Crippen LogP contribution in [0.15, 0.2) is 91.3 Å². The van der Waals surface area contributed by atoms with Gasteiger partial charge in [-0.1, -0.05) is 54.1 Å². The van der Waals surface area contributed by atoms with Gasteiger partial charge >= 0.3 is 0 Å². The van der Waals surface area contributed by atoms with Crippen molar-refractivity contribution in [3.05, 3.63) is 119 Å². The Morgan fingerprint density at radius 1 is 0.919 bits per heavy atom. The molecule has 3 atom stereocenters. The number of anilines is 2. The fourth-order valence-corrected chi connectivity index (χ4v) is 9.01. The zero-order chi connectivity index (χ0) is 42.9. The summed E-state index contributed by atoms with van der Waals surface area (Å²) in [5.41, 5.74) is 5.33. The molecule has 2 aromatic heterocycles. The fraction of sp³-hybridized carbons (Fsp3) is 0.289. The number of hydrogen-bond acceptors (Lipinski definition) is 11. The lowest BCUT2D eigenvalue weighted by Gasteiger charge is -2.39. The molecule has 0 aliphatic carbocycles. The smallest absolute Gasteiger partial charge is 0.262 e. The molecule has 0 bridgehead atoms. The van der Waals surface area contributed by atoms with Gasteiger partial charge in [-0.25, -0.2) is 9.97 Å². The third-order valence-electron chi connectivity index (χ3n) is 12.0. The first-order chi connectivity index (χ1) is 30.2. The minimum Gasteiger partial charge on any atom is -0.369 e. The van der Waals surface area contributed by atoms with E-state index in [0.29, 0.717) is 74.5 Å². The molecular formula is C45H43ClN10O6. The summed E-state index contributed by atoms with van der Waals surface area (Å²) < 4.78 is 0. The van der Waals surface area contributed by atoms with Gasteiger partial charge < -0.3 is 25.4 Å². The third kappa shape index (κ3) is 7.89. The first-order valence-electron chi connectivity index (χ1n) is 20.6. The molecule has 9 rings (SSSR count). The highest BCUT2D eigenvalue weighted by atomic mass is 35.5. The summed E-state index contributed by atoms with van der Waals surface area (Å²) in [5, 5.41) is 9.77. The van der Waals surface area contributed by atoms with Gasteiger partial charge in [0.05, 0.1) is 34.1 Å². The van der Waals surface area contributed by atoms with E-state index in [4.69, 9.17) is 16.6 Å². The van der Waals surface area contributed by atoms with E-state index in [-0.39, 0.29) is 42.0 Å². The van der Waals surface area contributed by atoms with Gasteiger partial charge in [0.15, 0.2) is 0 Å². The molecule has 3 aromatic carbocycles. The van der Waals surface area contributed by atoms with E-state index in [1.54, 1.807) is 18.3 Å². The minimum atomic E-state index is -1.02. The maximum absolute atomic E-state index is 13.8. The first kappa shape index (κ1) is 40.5. The van der Waals surface area contributed by atoms with Crippen LogP contribution in [0.3, 0.4) is 0 Å². The van der Waals surface area contributed by atoms with Crippen molar-refractivity contribution in [2.24, 2.45) is 0 Å². The summed E-state index contributed by atoms with van der Waals surface area (Å²) in [7, 11) is 0. The molecular weight excluding hydrogens is 812 g/mol. The van der Waals surface area contributed by atoms with Gasteiger partial charge in [0.2, 0.25) is 24.2 Å². The molecule has 0 radical (unpaired) electrons. The lowest BCUT2D eigenvalue weighted by atomic mass is 10.0. The number of carbonyl (C=O) groups excluding carboxylic acids is 6. The standard InChI is InChI=1S/C45H43ClN10O6/c46-35-24-49-45(52-40(35)34-23-48-36-5-2-1-4-31(34)36)50-29-15-17-55(25-29)42(60)28-9-7-27(8-10-28)37(6-3-16-47-26-57)54-20-18-53(19-21-54)30-11-12-32-33(22-30)44(62)56(43(32)61)38-13-14-39(58)51-41(38)59/h1-12,22-24,26,29,37-38,48H,13-21,25H2,(H,47,57)(H,49,50,52)(H,51,58,59)/b6-3+/t29-,37?,38?/m1/s1. The number of nitrogens with zero attached hydrogens (tertiary/aromatic N) is 6. The average molecular weight is 855 g/mol. The number of imide groups is 2. The van der Waals surface area contributed by atoms with Crippen LogP contribution >= 0.6 is 11.6 Å². The summed E-state index contributed by atoms with van der Waals surface area (Å²) in [4.78, 5) is 95.4. The number of aromatic amines is 1. The maximum atomic E-state index is 13.8. The first-order valence-corrected chi connectivity index (χ1v) is 21.0. The molecule has 4 N–H and O–H groups in total. The van der Waals surface area contributed by atoms with Crippen LogP contribution in [0, 0.1) is 0 Å². The molecule has 5 aromatic rings. The quantitative estimate of drug-likeness (QED) is 0.0610. The van der Waals surface area contributed by atoms with Gasteiger partial charge in [0.1, 0.15) is 6.04 Å². The van der Waals surface area contributed by atoms with Crippen LogP contribution in [0.2, 0.25) is 5.02 Å². The molecule has 16 nitrogen and oxygen atoms in total. The summed E-state index contributed by atoms with van der Waals surface area (Å²) in [6, 6.07) is 19.5. The number of nitrogens with one attached hydrogen (secondary N) is 4. The molecule has 6 heterocycles. The Labute approximate surface area is 361 Å². The van der Waals surface area contributed by atoms with Crippen molar-refractivity contribution < 1.29 is 28.8 Å². The molecule has 2 unspecified atom stereocenters. The number of piperazine rings is 1. The van der Waals surface area contributed by atoms with E-state index < -0.39 is 29.7 Å². The van der Waals surface area contributed by atoms with Gasteiger partial charge in [-0.05, 0) is 54.8 Å². The normalized spacial score (nSPS) is 19.9. The fourth-order valence-electron chi connectivity index (χ4n) is 8.81. The van der Waals surface area contributed by atoms with Crippen LogP contribution in [0.1, 0.15) is 61.9 Å². The predicted molar refractivity (Wildman–Crippen MR) is 232 cm³/mol. The van der Waals surface area contributed by atoms with Gasteiger partial charge in [-0.3, -0.25) is 43.9 Å². The Morgan fingerprint density at radius 3 is 2.50 bits per heavy atom. The molecule has 4 aliphatic heterocycles. The predicted octanol–water partition coefficient (Wildman–Crippen LogP) is 4.17. The largest absolute Gasteiger partial charge is 0.369 e. The van der Waals surface area contributed by atoms with Crippen LogP contribution in [-0.2, 0) is 14.4 Å². The molecule has 4 aliphatic rings. The lowest BCUT2D eigenvalue weighted by molar-refractivity contribution is -0.136. The van der Waals surface area contributed by atoms with E-state index in [1.807, 2.05) is 77.8 Å². The molecule has 6 amide bonds. The van der Waals surface area contributed by atoms with Crippen LogP contribution < -0.4 is 20.9 Å². The summed E-state index contributed by atoms with van der Waals surface area (Å²) in [5.74, 6) is -1.76. The van der Waals surface area contributed by atoms with Crippen molar-refractivity contribution in [3.8, 4) is 11.3 Å². The van der Waals surface area contributed by atoms with Gasteiger partial charge in [0.25, 0.3) is 17.7 Å². The van der Waals surface area contributed by atoms with Crippen molar-refractivity contribution in [2.75, 3.05) is 56.0 Å². The number of hydrogen-bond donors (Lipinski definition) is 4. The zero-order valence-electron chi connectivity index (χ0n) is 33.6. The monoisotopic (exact) mass is 854 g/mol. The number of para-hydroxylation sites is 1. The number of halogens is 1. The number of aromatic nitrogens is 3. The number of amides is 6. The second-order valence-electron chi connectivity index (χ2n) is 15.7. The van der Waals surface area contributed by atoms with Crippen molar-refractivity contribution >= 4 is 70.1 Å². The Hall–Kier alpha value is -6.91. The van der Waals surface area contributed by atoms with Crippen LogP contribution in [0.5, 0.6) is 0 Å². The van der Waals surface area contributed by atoms with Crippen molar-refractivity contribution in [3.63, 3.8) is 0 Å². The number of piperidine rings is 1. The molecule has 316 valence electrons. The number of H-pyrrole nitrogens is 1. The second-order valence-corrected chi connectivity index (χ2v) is 16.1. The number of rotatable bonds is 12. The Balaban J connectivity index is 0.835. The summed E-state index contributed by atoms with van der Waals surface area (Å²) >= 11 is 6.55. The Morgan fingerprint density at radius 2 is 1.71 bits per heavy atom. The maximum Gasteiger partial charge on any atom is 0.262 e. The number of carbonyl (C=O) groups is 6. The number of likely N-dealkylation sites (tertiary alicyclic amines) is 1. The highest BCUT2D eigenvalue weighted by Gasteiger charge is 2.45. The topological polar surface area (TPSA) is 193 Å². The van der Waals surface area contributed by atoms with E-state index in [9.17, 15) is 28.8 Å². The van der Waals surface area contributed by atoms with Crippen LogP contribution in [0.4, 0.5) is 11.6 Å². The third-order valence-corrected chi connectivity index (χ3v) is 12.3. The minimum absolute atomic E-state index is 0.0457. The van der Waals surface area contributed by atoms with E-state index in [2.05, 4.69) is 35.7 Å². The zero-order valence-corrected chi connectivity index (χ0v) is 34.3. The van der Waals surface area contributed by atoms with Crippen molar-refractivity contribution in [2.45, 2.75) is 37.4 Å². The van der Waals surface area contributed by atoms with E-state index >= 15 is 0 Å². The summed E-state index contributed by atoms with van der Waals surface area (Å²) in [6.07, 6.45) is 8.98. The van der Waals surface area contributed by atoms with E-state index in [0.717, 1.165) is 39.0 Å². The van der Waals surface area contributed by atoms with Crippen molar-refractivity contribution in [1.29, 1.82) is 0 Å². The van der Waals surface area contributed by atoms with Crippen LogP contribution in [-0.4, -0.2) is 123 Å². The van der Waals surface area contributed by atoms with Gasteiger partial charge in [-0.2, -0.15) is 0 Å². The van der Waals surface area contributed by atoms with Gasteiger partial charge in [0, 0.05) is 92.2 Å². The molecule has 3 fully saturated rings. The highest BCUT2D eigenvalue weighted by Crippen LogP contribution is 2.34. The van der Waals surface area contributed by atoms with Crippen LogP contribution in [0.25, 0.3) is 22.2 Å². The number of benzene rings is 3. The van der Waals surface area contributed by atoms with Gasteiger partial charge in [-0.15, -0.1) is 0 Å². The van der Waals surface area contributed by atoms with E-state index in [1.165, 1.54) is 0 Å².